The quantitative estimate of drug-likeness (QED) is 0.269. The van der Waals surface area contributed by atoms with Gasteiger partial charge in [-0.05, 0) is 37.2 Å². The van der Waals surface area contributed by atoms with E-state index in [4.69, 9.17) is 9.47 Å². The third-order valence-electron chi connectivity index (χ3n) is 6.32. The van der Waals surface area contributed by atoms with Gasteiger partial charge in [0.2, 0.25) is 0 Å². The molecule has 3 aromatic rings. The Balaban J connectivity index is 1.66. The van der Waals surface area contributed by atoms with Crippen molar-refractivity contribution in [3.63, 3.8) is 0 Å². The summed E-state index contributed by atoms with van der Waals surface area (Å²) in [6, 6.07) is 5.46. The van der Waals surface area contributed by atoms with E-state index in [9.17, 15) is 18.0 Å². The normalized spacial score (nSPS) is 16.4. The SMILES string of the molecule is COCc1ncc(-c2cnn3c2C(=O)N(c2ccc(C(F)(F)F)cc2)C[C@@H]3C)n1COCC[Si](C)(C)C. The van der Waals surface area contributed by atoms with Gasteiger partial charge < -0.3 is 18.9 Å². The van der Waals surface area contributed by atoms with Crippen LogP contribution in [0.5, 0.6) is 0 Å². The van der Waals surface area contributed by atoms with E-state index in [1.807, 2.05) is 11.5 Å². The molecule has 1 aromatic carbocycles. The van der Waals surface area contributed by atoms with E-state index in [1.54, 1.807) is 24.2 Å². The van der Waals surface area contributed by atoms with Crippen LogP contribution in [-0.4, -0.2) is 53.6 Å². The summed E-state index contributed by atoms with van der Waals surface area (Å²) in [7, 11) is 0.317. The van der Waals surface area contributed by atoms with Crippen molar-refractivity contribution in [2.45, 2.75) is 58.2 Å². The molecule has 12 heteroatoms. The number of carbonyl (C=O) groups is 1. The number of imidazole rings is 1. The molecule has 0 N–H and O–H groups in total. The fourth-order valence-corrected chi connectivity index (χ4v) is 5.01. The molecule has 37 heavy (non-hydrogen) atoms. The number of benzene rings is 1. The van der Waals surface area contributed by atoms with Crippen LogP contribution >= 0.6 is 0 Å². The lowest BCUT2D eigenvalue weighted by atomic mass is 10.1. The lowest BCUT2D eigenvalue weighted by Gasteiger charge is -2.32. The molecule has 0 saturated carbocycles. The average molecular weight is 536 g/mol. The van der Waals surface area contributed by atoms with E-state index in [0.717, 1.165) is 18.2 Å². The summed E-state index contributed by atoms with van der Waals surface area (Å²) < 4.78 is 54.0. The van der Waals surface area contributed by atoms with E-state index in [0.29, 0.717) is 35.1 Å². The van der Waals surface area contributed by atoms with Crippen LogP contribution in [0.25, 0.3) is 11.3 Å². The number of carbonyl (C=O) groups excluding carboxylic acids is 1. The first-order chi connectivity index (χ1) is 17.4. The van der Waals surface area contributed by atoms with Gasteiger partial charge >= 0.3 is 6.18 Å². The number of aromatic nitrogens is 4. The molecule has 200 valence electrons. The highest BCUT2D eigenvalue weighted by molar-refractivity contribution is 6.76. The van der Waals surface area contributed by atoms with Crippen molar-refractivity contribution in [3.8, 4) is 11.3 Å². The molecule has 1 amide bonds. The molecule has 0 unspecified atom stereocenters. The molecular weight excluding hydrogens is 503 g/mol. The summed E-state index contributed by atoms with van der Waals surface area (Å²) in [5.41, 5.74) is 1.23. The maximum absolute atomic E-state index is 13.7. The summed E-state index contributed by atoms with van der Waals surface area (Å²) in [4.78, 5) is 19.7. The first-order valence-corrected chi connectivity index (χ1v) is 15.8. The summed E-state index contributed by atoms with van der Waals surface area (Å²) >= 11 is 0. The Kier molecular flexibility index (Phi) is 7.63. The Labute approximate surface area is 215 Å². The van der Waals surface area contributed by atoms with Crippen LogP contribution in [0.1, 0.15) is 34.8 Å². The Morgan fingerprint density at radius 1 is 1.14 bits per heavy atom. The molecule has 0 radical (unpaired) electrons. The fourth-order valence-electron chi connectivity index (χ4n) is 4.25. The molecule has 1 aliphatic heterocycles. The highest BCUT2D eigenvalue weighted by Crippen LogP contribution is 2.35. The Morgan fingerprint density at radius 2 is 1.84 bits per heavy atom. The minimum Gasteiger partial charge on any atom is -0.377 e. The van der Waals surface area contributed by atoms with Crippen molar-refractivity contribution in [1.82, 2.24) is 19.3 Å². The minimum atomic E-state index is -4.45. The lowest BCUT2D eigenvalue weighted by molar-refractivity contribution is -0.137. The largest absolute Gasteiger partial charge is 0.416 e. The predicted molar refractivity (Wildman–Crippen MR) is 136 cm³/mol. The van der Waals surface area contributed by atoms with Crippen molar-refractivity contribution in [2.75, 3.05) is 25.2 Å². The third kappa shape index (κ3) is 5.81. The Bertz CT molecular complexity index is 1250. The molecule has 0 spiro atoms. The van der Waals surface area contributed by atoms with Gasteiger partial charge in [0, 0.05) is 34.0 Å². The van der Waals surface area contributed by atoms with Gasteiger partial charge in [-0.2, -0.15) is 18.3 Å². The number of anilines is 1. The zero-order valence-electron chi connectivity index (χ0n) is 21.7. The average Bonchev–Trinajstić information content (AvgIpc) is 3.43. The summed E-state index contributed by atoms with van der Waals surface area (Å²) in [5, 5.41) is 4.48. The standard InChI is InChI=1S/C25H32F3N5O3Si/c1-17-14-31(19-8-6-18(7-9-19)25(26,27)28)24(34)23-20(12-30-33(17)23)21-13-29-22(15-35-2)32(21)16-36-10-11-37(3,4)5/h6-9,12-13,17H,10-11,14-16H2,1-5H3/t17-/m0/s1. The van der Waals surface area contributed by atoms with Crippen LogP contribution in [0, 0.1) is 0 Å². The zero-order valence-corrected chi connectivity index (χ0v) is 22.7. The van der Waals surface area contributed by atoms with Crippen LogP contribution in [0.4, 0.5) is 18.9 Å². The first kappa shape index (κ1) is 27.1. The molecule has 4 rings (SSSR count). The molecule has 1 atom stereocenters. The fraction of sp³-hybridized carbons (Fsp3) is 0.480. The number of ether oxygens (including phenoxy) is 2. The van der Waals surface area contributed by atoms with Gasteiger partial charge in [-0.3, -0.25) is 9.48 Å². The first-order valence-electron chi connectivity index (χ1n) is 12.1. The topological polar surface area (TPSA) is 74.4 Å². The minimum absolute atomic E-state index is 0.188. The molecule has 0 bridgehead atoms. The highest BCUT2D eigenvalue weighted by atomic mass is 28.3. The highest BCUT2D eigenvalue weighted by Gasteiger charge is 2.36. The zero-order chi connectivity index (χ0) is 27.0. The van der Waals surface area contributed by atoms with Crippen molar-refractivity contribution in [1.29, 1.82) is 0 Å². The second kappa shape index (κ2) is 10.4. The summed E-state index contributed by atoms with van der Waals surface area (Å²) in [5.74, 6) is 0.312. The maximum atomic E-state index is 13.7. The van der Waals surface area contributed by atoms with Crippen LogP contribution in [0.15, 0.2) is 36.7 Å². The number of nitrogens with zero attached hydrogens (tertiary/aromatic N) is 5. The number of hydrogen-bond donors (Lipinski definition) is 0. The number of alkyl halides is 3. The molecule has 3 heterocycles. The second-order valence-electron chi connectivity index (χ2n) is 10.4. The van der Waals surface area contributed by atoms with Gasteiger partial charge in [0.15, 0.2) is 0 Å². The molecule has 1 aliphatic rings. The summed E-state index contributed by atoms with van der Waals surface area (Å²) in [6.45, 7) is 10.2. The Hall–Kier alpha value is -2.96. The molecule has 0 fully saturated rings. The summed E-state index contributed by atoms with van der Waals surface area (Å²) in [6.07, 6.45) is -1.14. The van der Waals surface area contributed by atoms with Gasteiger partial charge in [-0.25, -0.2) is 4.98 Å². The third-order valence-corrected chi connectivity index (χ3v) is 8.02. The maximum Gasteiger partial charge on any atom is 0.416 e. The van der Waals surface area contributed by atoms with Gasteiger partial charge in [0.25, 0.3) is 5.91 Å². The van der Waals surface area contributed by atoms with Gasteiger partial charge in [0.1, 0.15) is 24.9 Å². The van der Waals surface area contributed by atoms with Crippen molar-refractivity contribution >= 4 is 19.7 Å². The van der Waals surface area contributed by atoms with Crippen LogP contribution in [-0.2, 0) is 29.0 Å². The van der Waals surface area contributed by atoms with E-state index in [2.05, 4.69) is 29.7 Å². The Morgan fingerprint density at radius 3 is 2.46 bits per heavy atom. The van der Waals surface area contributed by atoms with Crippen LogP contribution < -0.4 is 4.90 Å². The van der Waals surface area contributed by atoms with Gasteiger partial charge in [0.05, 0.1) is 35.3 Å². The second-order valence-corrected chi connectivity index (χ2v) is 16.1. The number of halogens is 3. The van der Waals surface area contributed by atoms with Crippen LogP contribution in [0.3, 0.4) is 0 Å². The lowest BCUT2D eigenvalue weighted by Crippen LogP contribution is -2.42. The number of methoxy groups -OCH3 is 1. The monoisotopic (exact) mass is 535 g/mol. The number of amides is 1. The van der Waals surface area contributed by atoms with Gasteiger partial charge in [-0.15, -0.1) is 0 Å². The number of hydrogen-bond acceptors (Lipinski definition) is 5. The molecular formula is C25H32F3N5O3Si. The van der Waals surface area contributed by atoms with Crippen molar-refractivity contribution < 1.29 is 27.4 Å². The molecule has 0 aliphatic carbocycles. The number of rotatable bonds is 9. The van der Waals surface area contributed by atoms with Crippen LogP contribution in [0.2, 0.25) is 25.7 Å². The van der Waals surface area contributed by atoms with Crippen molar-refractivity contribution in [2.24, 2.45) is 0 Å². The molecule has 2 aromatic heterocycles. The van der Waals surface area contributed by atoms with E-state index >= 15 is 0 Å². The molecule has 0 saturated heterocycles. The molecule has 8 nitrogen and oxygen atoms in total. The number of fused-ring (bicyclic) bond motifs is 1. The van der Waals surface area contributed by atoms with E-state index < -0.39 is 19.8 Å². The van der Waals surface area contributed by atoms with Crippen molar-refractivity contribution in [3.05, 3.63) is 53.7 Å². The smallest absolute Gasteiger partial charge is 0.377 e. The predicted octanol–water partition coefficient (Wildman–Crippen LogP) is 5.45. The van der Waals surface area contributed by atoms with E-state index in [-0.39, 0.29) is 31.8 Å². The van der Waals surface area contributed by atoms with Gasteiger partial charge in [-0.1, -0.05) is 19.6 Å². The van der Waals surface area contributed by atoms with E-state index in [1.165, 1.54) is 17.0 Å².